The molecule has 0 aliphatic carbocycles. The Morgan fingerprint density at radius 2 is 1.85 bits per heavy atom. The van der Waals surface area contributed by atoms with E-state index in [-0.39, 0.29) is 17.9 Å². The highest BCUT2D eigenvalue weighted by Gasteiger charge is 2.28. The molecule has 2 unspecified atom stereocenters. The van der Waals surface area contributed by atoms with Crippen molar-refractivity contribution < 1.29 is 28.6 Å². The molecule has 2 aromatic rings. The predicted molar refractivity (Wildman–Crippen MR) is 92.3 cm³/mol. The molecule has 0 fully saturated rings. The number of carbonyl (C=O) groups is 2. The average molecular weight is 361 g/mol. The number of carboxylic acid groups (broad SMARTS) is 1. The van der Waals surface area contributed by atoms with Gasteiger partial charge in [-0.3, -0.25) is 4.79 Å². The SMILES string of the molecule is CCOC(C(=O)NC(C(=O)O)c1ccc(OC)c(F)c1)c1ccccc1. The maximum atomic E-state index is 13.9. The number of nitrogens with one attached hydrogen (secondary N) is 1. The summed E-state index contributed by atoms with van der Waals surface area (Å²) in [6.45, 7) is 2.00. The van der Waals surface area contributed by atoms with Crippen molar-refractivity contribution in [2.24, 2.45) is 0 Å². The zero-order valence-electron chi connectivity index (χ0n) is 14.4. The number of benzene rings is 2. The highest BCUT2D eigenvalue weighted by atomic mass is 19.1. The fourth-order valence-corrected chi connectivity index (χ4v) is 2.49. The minimum absolute atomic E-state index is 0.0132. The third-order valence-electron chi connectivity index (χ3n) is 3.72. The molecule has 0 heterocycles. The average Bonchev–Trinajstić information content (AvgIpc) is 2.64. The van der Waals surface area contributed by atoms with Gasteiger partial charge in [0, 0.05) is 6.61 Å². The first-order valence-electron chi connectivity index (χ1n) is 8.01. The van der Waals surface area contributed by atoms with E-state index in [4.69, 9.17) is 9.47 Å². The van der Waals surface area contributed by atoms with Crippen LogP contribution in [0.2, 0.25) is 0 Å². The highest BCUT2D eigenvalue weighted by molar-refractivity contribution is 5.87. The van der Waals surface area contributed by atoms with Crippen LogP contribution in [0.3, 0.4) is 0 Å². The van der Waals surface area contributed by atoms with E-state index in [9.17, 15) is 19.1 Å². The first-order chi connectivity index (χ1) is 12.5. The van der Waals surface area contributed by atoms with Crippen LogP contribution in [0.25, 0.3) is 0 Å². The normalized spacial score (nSPS) is 12.9. The fourth-order valence-electron chi connectivity index (χ4n) is 2.49. The van der Waals surface area contributed by atoms with E-state index in [2.05, 4.69) is 5.32 Å². The molecule has 0 aliphatic rings. The second-order valence-electron chi connectivity index (χ2n) is 5.42. The van der Waals surface area contributed by atoms with Crippen molar-refractivity contribution in [2.45, 2.75) is 19.1 Å². The lowest BCUT2D eigenvalue weighted by molar-refractivity contribution is -0.144. The molecule has 0 aliphatic heterocycles. The Morgan fingerprint density at radius 1 is 1.15 bits per heavy atom. The number of carbonyl (C=O) groups excluding carboxylic acids is 1. The molecule has 2 rings (SSSR count). The minimum atomic E-state index is -1.42. The standard InChI is InChI=1S/C19H20FNO5/c1-3-26-17(12-7-5-4-6-8-12)18(22)21-16(19(23)24)13-9-10-15(25-2)14(20)11-13/h4-11,16-17H,3H2,1-2H3,(H,21,22)(H,23,24). The molecule has 1 amide bonds. The number of halogens is 1. The van der Waals surface area contributed by atoms with E-state index in [1.165, 1.54) is 19.2 Å². The molecule has 2 aromatic carbocycles. The van der Waals surface area contributed by atoms with Gasteiger partial charge in [0.05, 0.1) is 7.11 Å². The molecule has 6 nitrogen and oxygen atoms in total. The van der Waals surface area contributed by atoms with Gasteiger partial charge in [0.1, 0.15) is 0 Å². The van der Waals surface area contributed by atoms with Gasteiger partial charge < -0.3 is 19.9 Å². The Bertz CT molecular complexity index is 766. The van der Waals surface area contributed by atoms with Crippen LogP contribution in [0.5, 0.6) is 5.75 Å². The van der Waals surface area contributed by atoms with Crippen LogP contribution >= 0.6 is 0 Å². The van der Waals surface area contributed by atoms with Gasteiger partial charge in [-0.2, -0.15) is 0 Å². The third kappa shape index (κ3) is 4.58. The smallest absolute Gasteiger partial charge is 0.330 e. The van der Waals surface area contributed by atoms with Crippen molar-refractivity contribution in [3.8, 4) is 5.75 Å². The van der Waals surface area contributed by atoms with E-state index >= 15 is 0 Å². The Morgan fingerprint density at radius 3 is 2.38 bits per heavy atom. The van der Waals surface area contributed by atoms with Gasteiger partial charge in [0.15, 0.2) is 23.7 Å². The zero-order chi connectivity index (χ0) is 19.1. The van der Waals surface area contributed by atoms with Gasteiger partial charge >= 0.3 is 5.97 Å². The summed E-state index contributed by atoms with van der Waals surface area (Å²) in [6.07, 6.45) is -0.967. The summed E-state index contributed by atoms with van der Waals surface area (Å²) in [5, 5.41) is 11.9. The summed E-state index contributed by atoms with van der Waals surface area (Å²) in [5.74, 6) is -2.66. The zero-order valence-corrected chi connectivity index (χ0v) is 14.4. The Balaban J connectivity index is 2.26. The van der Waals surface area contributed by atoms with Crippen LogP contribution in [0, 0.1) is 5.82 Å². The molecular formula is C19H20FNO5. The molecule has 0 bridgehead atoms. The summed E-state index contributed by atoms with van der Waals surface area (Å²) in [6, 6.07) is 11.0. The van der Waals surface area contributed by atoms with Crippen LogP contribution in [0.4, 0.5) is 4.39 Å². The number of ether oxygens (including phenoxy) is 2. The molecule has 138 valence electrons. The number of rotatable bonds is 8. The maximum absolute atomic E-state index is 13.9. The quantitative estimate of drug-likeness (QED) is 0.755. The Labute approximate surface area is 150 Å². The summed E-state index contributed by atoms with van der Waals surface area (Å²) < 4.78 is 24.2. The molecule has 0 radical (unpaired) electrons. The van der Waals surface area contributed by atoms with E-state index in [0.29, 0.717) is 5.56 Å². The molecule has 0 spiro atoms. The van der Waals surface area contributed by atoms with E-state index in [0.717, 1.165) is 6.07 Å². The van der Waals surface area contributed by atoms with Crippen molar-refractivity contribution in [2.75, 3.05) is 13.7 Å². The summed E-state index contributed by atoms with van der Waals surface area (Å²) in [7, 11) is 1.31. The van der Waals surface area contributed by atoms with Crippen LogP contribution in [-0.2, 0) is 14.3 Å². The Kier molecular flexibility index (Phi) is 6.68. The van der Waals surface area contributed by atoms with Crippen LogP contribution < -0.4 is 10.1 Å². The number of hydrogen-bond donors (Lipinski definition) is 2. The van der Waals surface area contributed by atoms with Crippen LogP contribution in [0.1, 0.15) is 30.2 Å². The summed E-state index contributed by atoms with van der Waals surface area (Å²) in [5.41, 5.74) is 0.685. The lowest BCUT2D eigenvalue weighted by atomic mass is 10.0. The second-order valence-corrected chi connectivity index (χ2v) is 5.42. The lowest BCUT2D eigenvalue weighted by Gasteiger charge is -2.21. The van der Waals surface area contributed by atoms with Gasteiger partial charge in [-0.25, -0.2) is 9.18 Å². The van der Waals surface area contributed by atoms with Crippen molar-refractivity contribution in [3.63, 3.8) is 0 Å². The molecule has 7 heteroatoms. The molecule has 0 aromatic heterocycles. The fraction of sp³-hybridized carbons (Fsp3) is 0.263. The molecule has 0 saturated heterocycles. The summed E-state index contributed by atoms with van der Waals surface area (Å²) >= 11 is 0. The number of amides is 1. The number of carboxylic acids is 1. The van der Waals surface area contributed by atoms with E-state index < -0.39 is 29.8 Å². The van der Waals surface area contributed by atoms with Gasteiger partial charge in [-0.05, 0) is 30.2 Å². The van der Waals surface area contributed by atoms with Crippen LogP contribution in [0.15, 0.2) is 48.5 Å². The first kappa shape index (κ1) is 19.4. The van der Waals surface area contributed by atoms with E-state index in [1.807, 2.05) is 0 Å². The predicted octanol–water partition coefficient (Wildman–Crippen LogP) is 2.85. The van der Waals surface area contributed by atoms with E-state index in [1.54, 1.807) is 37.3 Å². The third-order valence-corrected chi connectivity index (χ3v) is 3.72. The molecule has 0 saturated carbocycles. The monoisotopic (exact) mass is 361 g/mol. The number of aliphatic carboxylic acids is 1. The molecule has 2 N–H and O–H groups in total. The highest BCUT2D eigenvalue weighted by Crippen LogP contribution is 2.24. The lowest BCUT2D eigenvalue weighted by Crippen LogP contribution is -2.37. The second kappa shape index (κ2) is 8.96. The largest absolute Gasteiger partial charge is 0.494 e. The minimum Gasteiger partial charge on any atom is -0.494 e. The number of hydrogen-bond acceptors (Lipinski definition) is 4. The van der Waals surface area contributed by atoms with Crippen molar-refractivity contribution in [3.05, 3.63) is 65.5 Å². The first-order valence-corrected chi connectivity index (χ1v) is 8.01. The Hall–Kier alpha value is -2.93. The number of methoxy groups -OCH3 is 1. The van der Waals surface area contributed by atoms with Gasteiger partial charge in [-0.1, -0.05) is 36.4 Å². The van der Waals surface area contributed by atoms with Crippen LogP contribution in [-0.4, -0.2) is 30.7 Å². The van der Waals surface area contributed by atoms with Crippen molar-refractivity contribution in [1.82, 2.24) is 5.32 Å². The molecular weight excluding hydrogens is 341 g/mol. The van der Waals surface area contributed by atoms with Crippen molar-refractivity contribution >= 4 is 11.9 Å². The van der Waals surface area contributed by atoms with Gasteiger partial charge in [0.25, 0.3) is 5.91 Å². The maximum Gasteiger partial charge on any atom is 0.330 e. The summed E-state index contributed by atoms with van der Waals surface area (Å²) in [4.78, 5) is 24.2. The van der Waals surface area contributed by atoms with Crippen molar-refractivity contribution in [1.29, 1.82) is 0 Å². The molecule has 2 atom stereocenters. The van der Waals surface area contributed by atoms with Gasteiger partial charge in [0.2, 0.25) is 0 Å². The van der Waals surface area contributed by atoms with Gasteiger partial charge in [-0.15, -0.1) is 0 Å². The topological polar surface area (TPSA) is 84.9 Å². The molecule has 26 heavy (non-hydrogen) atoms.